The maximum atomic E-state index is 5.64. The number of aliphatic imine (C=N–C) groups is 1. The van der Waals surface area contributed by atoms with E-state index in [0.29, 0.717) is 6.17 Å². The molecular formula is C19H37N3. The first-order chi connectivity index (χ1) is 10.9. The molecular weight excluding hydrogens is 270 g/mol. The van der Waals surface area contributed by atoms with Crippen molar-refractivity contribution in [2.75, 3.05) is 19.6 Å². The van der Waals surface area contributed by atoms with Gasteiger partial charge >= 0.3 is 0 Å². The van der Waals surface area contributed by atoms with Crippen LogP contribution in [0.3, 0.4) is 0 Å². The molecule has 0 spiro atoms. The second-order valence-corrected chi connectivity index (χ2v) is 6.41. The van der Waals surface area contributed by atoms with Crippen LogP contribution in [0.25, 0.3) is 0 Å². The van der Waals surface area contributed by atoms with Crippen LogP contribution in [0.2, 0.25) is 0 Å². The van der Waals surface area contributed by atoms with E-state index >= 15 is 0 Å². The molecule has 0 aromatic heterocycles. The standard InChI is InChI=1S/C19H37N3/c1-2-3-4-5-6-7-8-9-10-11-12-13-14-19-21-16-18-22(19)17-15-20/h5-6,16,19H,2-4,7-15,17-18,20H2,1H3/b6-5+. The molecule has 3 nitrogen and oxygen atoms in total. The molecule has 0 bridgehead atoms. The van der Waals surface area contributed by atoms with E-state index in [1.165, 1.54) is 70.6 Å². The topological polar surface area (TPSA) is 41.6 Å². The summed E-state index contributed by atoms with van der Waals surface area (Å²) in [6.07, 6.45) is 21.8. The molecule has 0 radical (unpaired) electrons. The third kappa shape index (κ3) is 9.37. The first-order valence-corrected chi connectivity index (χ1v) is 9.49. The molecule has 0 amide bonds. The second-order valence-electron chi connectivity index (χ2n) is 6.41. The van der Waals surface area contributed by atoms with Gasteiger partial charge in [-0.05, 0) is 32.1 Å². The minimum absolute atomic E-state index is 0.414. The lowest BCUT2D eigenvalue weighted by atomic mass is 10.1. The lowest BCUT2D eigenvalue weighted by molar-refractivity contribution is 0.241. The molecule has 1 unspecified atom stereocenters. The normalized spacial score (nSPS) is 18.7. The third-order valence-corrected chi connectivity index (χ3v) is 4.41. The maximum Gasteiger partial charge on any atom is 0.102 e. The van der Waals surface area contributed by atoms with Gasteiger partial charge in [-0.2, -0.15) is 0 Å². The highest BCUT2D eigenvalue weighted by Crippen LogP contribution is 2.15. The van der Waals surface area contributed by atoms with Crippen LogP contribution < -0.4 is 5.73 Å². The molecule has 1 rings (SSSR count). The minimum atomic E-state index is 0.414. The van der Waals surface area contributed by atoms with Crippen LogP contribution in [0.15, 0.2) is 17.1 Å². The highest BCUT2D eigenvalue weighted by Gasteiger charge is 2.18. The van der Waals surface area contributed by atoms with E-state index in [9.17, 15) is 0 Å². The van der Waals surface area contributed by atoms with E-state index in [1.54, 1.807) is 0 Å². The van der Waals surface area contributed by atoms with E-state index in [1.807, 2.05) is 6.21 Å². The quantitative estimate of drug-likeness (QED) is 0.378. The fourth-order valence-corrected chi connectivity index (χ4v) is 3.01. The van der Waals surface area contributed by atoms with Crippen molar-refractivity contribution in [3.05, 3.63) is 12.2 Å². The summed E-state index contributed by atoms with van der Waals surface area (Å²) < 4.78 is 0. The average molecular weight is 308 g/mol. The minimum Gasteiger partial charge on any atom is -0.329 e. The summed E-state index contributed by atoms with van der Waals surface area (Å²) >= 11 is 0. The Balaban J connectivity index is 1.85. The summed E-state index contributed by atoms with van der Waals surface area (Å²) in [6, 6.07) is 0. The Morgan fingerprint density at radius 3 is 2.45 bits per heavy atom. The largest absolute Gasteiger partial charge is 0.329 e. The fraction of sp³-hybridized carbons (Fsp3) is 0.842. The lowest BCUT2D eigenvalue weighted by Gasteiger charge is -2.21. The van der Waals surface area contributed by atoms with Gasteiger partial charge < -0.3 is 5.73 Å². The van der Waals surface area contributed by atoms with Crippen LogP contribution in [-0.4, -0.2) is 36.9 Å². The Hall–Kier alpha value is -0.670. The average Bonchev–Trinajstić information content (AvgIpc) is 2.96. The number of hydrogen-bond donors (Lipinski definition) is 1. The molecule has 1 aliphatic rings. The fourth-order valence-electron chi connectivity index (χ4n) is 3.01. The SMILES string of the molecule is CCCC/C=C/CCCCCCCCC1N=CCN1CCN. The van der Waals surface area contributed by atoms with Crippen LogP contribution >= 0.6 is 0 Å². The van der Waals surface area contributed by atoms with Gasteiger partial charge in [0.15, 0.2) is 0 Å². The highest BCUT2D eigenvalue weighted by atomic mass is 15.3. The van der Waals surface area contributed by atoms with Crippen molar-refractivity contribution in [2.24, 2.45) is 10.7 Å². The molecule has 2 N–H and O–H groups in total. The van der Waals surface area contributed by atoms with E-state index < -0.39 is 0 Å². The third-order valence-electron chi connectivity index (χ3n) is 4.41. The van der Waals surface area contributed by atoms with E-state index in [2.05, 4.69) is 29.0 Å². The molecule has 1 heterocycles. The number of nitrogens with two attached hydrogens (primary N) is 1. The molecule has 1 aliphatic heterocycles. The molecule has 0 saturated carbocycles. The Labute approximate surface area is 138 Å². The van der Waals surface area contributed by atoms with Gasteiger partial charge in [0.2, 0.25) is 0 Å². The van der Waals surface area contributed by atoms with Gasteiger partial charge in [-0.3, -0.25) is 9.89 Å². The zero-order chi connectivity index (χ0) is 15.9. The van der Waals surface area contributed by atoms with Crippen molar-refractivity contribution in [3.63, 3.8) is 0 Å². The van der Waals surface area contributed by atoms with Gasteiger partial charge in [0.25, 0.3) is 0 Å². The molecule has 128 valence electrons. The number of allylic oxidation sites excluding steroid dienone is 2. The zero-order valence-electron chi connectivity index (χ0n) is 14.7. The van der Waals surface area contributed by atoms with Gasteiger partial charge in [0, 0.05) is 25.8 Å². The van der Waals surface area contributed by atoms with Gasteiger partial charge in [0.05, 0.1) is 0 Å². The van der Waals surface area contributed by atoms with Crippen LogP contribution in [-0.2, 0) is 0 Å². The zero-order valence-corrected chi connectivity index (χ0v) is 14.7. The second kappa shape index (κ2) is 14.0. The van der Waals surface area contributed by atoms with Gasteiger partial charge in [-0.1, -0.05) is 57.6 Å². The molecule has 3 heteroatoms. The lowest BCUT2D eigenvalue weighted by Crippen LogP contribution is -2.34. The molecule has 0 aromatic rings. The number of rotatable bonds is 14. The summed E-state index contributed by atoms with van der Waals surface area (Å²) in [6.45, 7) is 4.97. The molecule has 0 fully saturated rings. The maximum absolute atomic E-state index is 5.64. The van der Waals surface area contributed by atoms with Crippen LogP contribution in [0, 0.1) is 0 Å². The van der Waals surface area contributed by atoms with Crippen LogP contribution in [0.1, 0.15) is 77.6 Å². The first kappa shape index (κ1) is 19.4. The van der Waals surface area contributed by atoms with Gasteiger partial charge in [-0.25, -0.2) is 0 Å². The van der Waals surface area contributed by atoms with Crippen molar-refractivity contribution >= 4 is 6.21 Å². The van der Waals surface area contributed by atoms with E-state index in [0.717, 1.165) is 19.6 Å². The number of nitrogens with zero attached hydrogens (tertiary/aromatic N) is 2. The van der Waals surface area contributed by atoms with Crippen molar-refractivity contribution < 1.29 is 0 Å². The van der Waals surface area contributed by atoms with Crippen LogP contribution in [0.5, 0.6) is 0 Å². The molecule has 0 aliphatic carbocycles. The van der Waals surface area contributed by atoms with E-state index in [4.69, 9.17) is 5.73 Å². The van der Waals surface area contributed by atoms with Crippen molar-refractivity contribution in [1.29, 1.82) is 0 Å². The Morgan fingerprint density at radius 2 is 1.73 bits per heavy atom. The van der Waals surface area contributed by atoms with Crippen molar-refractivity contribution in [3.8, 4) is 0 Å². The predicted octanol–water partition coefficient (Wildman–Crippen LogP) is 4.52. The summed E-state index contributed by atoms with van der Waals surface area (Å²) in [5, 5.41) is 0. The monoisotopic (exact) mass is 307 g/mol. The molecule has 0 saturated heterocycles. The molecule has 22 heavy (non-hydrogen) atoms. The molecule has 0 aromatic carbocycles. The van der Waals surface area contributed by atoms with Gasteiger partial charge in [-0.15, -0.1) is 0 Å². The summed E-state index contributed by atoms with van der Waals surface area (Å²) in [5.74, 6) is 0. The van der Waals surface area contributed by atoms with Gasteiger partial charge in [0.1, 0.15) is 6.17 Å². The van der Waals surface area contributed by atoms with Crippen LogP contribution in [0.4, 0.5) is 0 Å². The Bertz CT molecular complexity index is 299. The van der Waals surface area contributed by atoms with Crippen molar-refractivity contribution in [1.82, 2.24) is 4.90 Å². The summed E-state index contributed by atoms with van der Waals surface area (Å²) in [7, 11) is 0. The summed E-state index contributed by atoms with van der Waals surface area (Å²) in [5.41, 5.74) is 5.64. The Kier molecular flexibility index (Phi) is 12.3. The highest BCUT2D eigenvalue weighted by molar-refractivity contribution is 5.62. The number of hydrogen-bond acceptors (Lipinski definition) is 3. The smallest absolute Gasteiger partial charge is 0.102 e. The number of unbranched alkanes of at least 4 members (excludes halogenated alkanes) is 8. The molecule has 1 atom stereocenters. The predicted molar refractivity (Wildman–Crippen MR) is 98.5 cm³/mol. The summed E-state index contributed by atoms with van der Waals surface area (Å²) in [4.78, 5) is 6.96. The van der Waals surface area contributed by atoms with E-state index in [-0.39, 0.29) is 0 Å². The van der Waals surface area contributed by atoms with Crippen molar-refractivity contribution in [2.45, 2.75) is 83.7 Å². The first-order valence-electron chi connectivity index (χ1n) is 9.49. The Morgan fingerprint density at radius 1 is 1.05 bits per heavy atom.